The summed E-state index contributed by atoms with van der Waals surface area (Å²) in [6, 6.07) is 5.02. The first-order chi connectivity index (χ1) is 9.99. The Bertz CT molecular complexity index is 687. The van der Waals surface area contributed by atoms with Gasteiger partial charge in [0.25, 0.3) is 5.91 Å². The number of hydrogen-bond donors (Lipinski definition) is 2. The Morgan fingerprint density at radius 2 is 2.19 bits per heavy atom. The molecule has 0 aliphatic rings. The molecular formula is C13H12BrClN4O2. The molecule has 0 saturated carbocycles. The molecule has 0 aliphatic heterocycles. The zero-order valence-corrected chi connectivity index (χ0v) is 13.4. The van der Waals surface area contributed by atoms with Crippen molar-refractivity contribution in [3.8, 4) is 0 Å². The molecule has 8 heteroatoms. The van der Waals surface area contributed by atoms with Crippen LogP contribution in [-0.2, 0) is 11.3 Å². The number of hydrogen-bond acceptors (Lipinski definition) is 3. The maximum absolute atomic E-state index is 12.1. The molecule has 6 nitrogen and oxygen atoms in total. The molecule has 0 spiro atoms. The van der Waals surface area contributed by atoms with Gasteiger partial charge in [-0.25, -0.2) is 0 Å². The fraction of sp³-hybridized carbons (Fsp3) is 0.154. The predicted octanol–water partition coefficient (Wildman–Crippen LogP) is 2.30. The van der Waals surface area contributed by atoms with Crippen LogP contribution in [0.25, 0.3) is 0 Å². The van der Waals surface area contributed by atoms with Gasteiger partial charge in [0, 0.05) is 17.7 Å². The van der Waals surface area contributed by atoms with Gasteiger partial charge in [-0.1, -0.05) is 27.5 Å². The van der Waals surface area contributed by atoms with Crippen LogP contribution in [0, 0.1) is 0 Å². The van der Waals surface area contributed by atoms with Gasteiger partial charge in [0.05, 0.1) is 22.5 Å². The van der Waals surface area contributed by atoms with Crippen molar-refractivity contribution in [1.29, 1.82) is 0 Å². The van der Waals surface area contributed by atoms with Crippen LogP contribution in [-0.4, -0.2) is 28.6 Å². The molecule has 110 valence electrons. The van der Waals surface area contributed by atoms with Crippen LogP contribution >= 0.6 is 27.5 Å². The monoisotopic (exact) mass is 370 g/mol. The summed E-state index contributed by atoms with van der Waals surface area (Å²) in [4.78, 5) is 23.4. The highest BCUT2D eigenvalue weighted by atomic mass is 79.9. The Balaban J connectivity index is 2.09. The third-order valence-electron chi connectivity index (χ3n) is 2.65. The number of benzene rings is 1. The summed E-state index contributed by atoms with van der Waals surface area (Å²) in [5.41, 5.74) is 0.838. The number of carbonyl (C=O) groups is 2. The van der Waals surface area contributed by atoms with Crippen molar-refractivity contribution in [1.82, 2.24) is 15.1 Å². The molecule has 0 saturated heterocycles. The molecular weight excluding hydrogens is 360 g/mol. The van der Waals surface area contributed by atoms with E-state index in [4.69, 9.17) is 11.6 Å². The van der Waals surface area contributed by atoms with E-state index in [1.54, 1.807) is 31.4 Å². The van der Waals surface area contributed by atoms with E-state index in [2.05, 4.69) is 31.7 Å². The minimum atomic E-state index is -0.346. The zero-order valence-electron chi connectivity index (χ0n) is 11.1. The van der Waals surface area contributed by atoms with E-state index < -0.39 is 0 Å². The van der Waals surface area contributed by atoms with Crippen LogP contribution in [0.1, 0.15) is 10.4 Å². The lowest BCUT2D eigenvalue weighted by Gasteiger charge is -2.05. The smallest absolute Gasteiger partial charge is 0.257 e. The summed E-state index contributed by atoms with van der Waals surface area (Å²) >= 11 is 9.28. The van der Waals surface area contributed by atoms with Gasteiger partial charge in [-0.3, -0.25) is 14.3 Å². The van der Waals surface area contributed by atoms with Crippen LogP contribution in [0.15, 0.2) is 35.1 Å². The summed E-state index contributed by atoms with van der Waals surface area (Å²) in [7, 11) is 1.55. The lowest BCUT2D eigenvalue weighted by molar-refractivity contribution is -0.121. The summed E-state index contributed by atoms with van der Waals surface area (Å²) in [5.74, 6) is -0.521. The SMILES string of the molecule is CNC(=O)Cn1cc(NC(=O)c2cc(Br)ccc2Cl)cn1. The largest absolute Gasteiger partial charge is 0.358 e. The van der Waals surface area contributed by atoms with E-state index in [1.807, 2.05) is 0 Å². The Kier molecular flexibility index (Phi) is 4.98. The fourth-order valence-corrected chi connectivity index (χ4v) is 2.18. The number of carbonyl (C=O) groups excluding carboxylic acids is 2. The van der Waals surface area contributed by atoms with Crippen molar-refractivity contribution in [3.63, 3.8) is 0 Å². The number of nitrogens with zero attached hydrogens (tertiary/aromatic N) is 2. The molecule has 0 unspecified atom stereocenters. The Hall–Kier alpha value is -1.86. The molecule has 2 aromatic rings. The summed E-state index contributed by atoms with van der Waals surface area (Å²) in [6.45, 7) is 0.0873. The van der Waals surface area contributed by atoms with Gasteiger partial charge in [-0.2, -0.15) is 5.10 Å². The van der Waals surface area contributed by atoms with Crippen LogP contribution < -0.4 is 10.6 Å². The van der Waals surface area contributed by atoms with Gasteiger partial charge in [-0.15, -0.1) is 0 Å². The maximum atomic E-state index is 12.1. The van der Waals surface area contributed by atoms with Crippen molar-refractivity contribution < 1.29 is 9.59 Å². The number of likely N-dealkylation sites (N-methyl/N-ethyl adjacent to an activating group) is 1. The van der Waals surface area contributed by atoms with Crippen molar-refractivity contribution in [2.45, 2.75) is 6.54 Å². The number of rotatable bonds is 4. The predicted molar refractivity (Wildman–Crippen MR) is 83.4 cm³/mol. The molecule has 1 aromatic heterocycles. The summed E-state index contributed by atoms with van der Waals surface area (Å²) in [5, 5.41) is 9.52. The summed E-state index contributed by atoms with van der Waals surface area (Å²) in [6.07, 6.45) is 3.03. The Morgan fingerprint density at radius 3 is 2.90 bits per heavy atom. The van der Waals surface area contributed by atoms with E-state index in [1.165, 1.54) is 10.9 Å². The highest BCUT2D eigenvalue weighted by Gasteiger charge is 2.12. The van der Waals surface area contributed by atoms with E-state index >= 15 is 0 Å². The van der Waals surface area contributed by atoms with Gasteiger partial charge in [-0.05, 0) is 18.2 Å². The average Bonchev–Trinajstić information content (AvgIpc) is 2.88. The number of nitrogens with one attached hydrogen (secondary N) is 2. The average molecular weight is 372 g/mol. The summed E-state index contributed by atoms with van der Waals surface area (Å²) < 4.78 is 2.18. The normalized spacial score (nSPS) is 10.2. The van der Waals surface area contributed by atoms with Crippen molar-refractivity contribution in [3.05, 3.63) is 45.7 Å². The van der Waals surface area contributed by atoms with Crippen LogP contribution in [0.5, 0.6) is 0 Å². The van der Waals surface area contributed by atoms with Crippen LogP contribution in [0.2, 0.25) is 5.02 Å². The Labute approximate surface area is 134 Å². The zero-order chi connectivity index (χ0) is 15.4. The van der Waals surface area contributed by atoms with E-state index in [9.17, 15) is 9.59 Å². The lowest BCUT2D eigenvalue weighted by Crippen LogP contribution is -2.23. The molecule has 2 amide bonds. The molecule has 0 bridgehead atoms. The molecule has 2 rings (SSSR count). The molecule has 21 heavy (non-hydrogen) atoms. The molecule has 2 N–H and O–H groups in total. The number of aromatic nitrogens is 2. The fourth-order valence-electron chi connectivity index (χ4n) is 1.61. The molecule has 1 heterocycles. The molecule has 0 radical (unpaired) electrons. The maximum Gasteiger partial charge on any atom is 0.257 e. The van der Waals surface area contributed by atoms with Crippen LogP contribution in [0.4, 0.5) is 5.69 Å². The lowest BCUT2D eigenvalue weighted by atomic mass is 10.2. The number of halogens is 2. The van der Waals surface area contributed by atoms with Gasteiger partial charge in [0.1, 0.15) is 6.54 Å². The van der Waals surface area contributed by atoms with Gasteiger partial charge in [0.15, 0.2) is 0 Å². The van der Waals surface area contributed by atoms with Crippen molar-refractivity contribution >= 4 is 45.0 Å². The van der Waals surface area contributed by atoms with E-state index in [0.717, 1.165) is 4.47 Å². The second kappa shape index (κ2) is 6.73. The molecule has 0 fully saturated rings. The van der Waals surface area contributed by atoms with Crippen LogP contribution in [0.3, 0.4) is 0 Å². The number of amides is 2. The van der Waals surface area contributed by atoms with Gasteiger partial charge >= 0.3 is 0 Å². The second-order valence-corrected chi connectivity index (χ2v) is 5.50. The molecule has 0 aliphatic carbocycles. The molecule has 0 atom stereocenters. The van der Waals surface area contributed by atoms with Crippen molar-refractivity contribution in [2.75, 3.05) is 12.4 Å². The topological polar surface area (TPSA) is 76.0 Å². The minimum absolute atomic E-state index is 0.0873. The Morgan fingerprint density at radius 1 is 1.43 bits per heavy atom. The van der Waals surface area contributed by atoms with E-state index in [-0.39, 0.29) is 18.4 Å². The standard InChI is InChI=1S/C13H12BrClN4O2/c1-16-12(20)7-19-6-9(5-17-19)18-13(21)10-4-8(14)2-3-11(10)15/h2-6H,7H2,1H3,(H,16,20)(H,18,21). The quantitative estimate of drug-likeness (QED) is 0.866. The number of anilines is 1. The van der Waals surface area contributed by atoms with E-state index in [0.29, 0.717) is 16.3 Å². The minimum Gasteiger partial charge on any atom is -0.358 e. The first-order valence-corrected chi connectivity index (χ1v) is 7.16. The highest BCUT2D eigenvalue weighted by Crippen LogP contribution is 2.22. The molecule has 1 aromatic carbocycles. The van der Waals surface area contributed by atoms with Gasteiger partial charge in [0.2, 0.25) is 5.91 Å². The third-order valence-corrected chi connectivity index (χ3v) is 3.47. The third kappa shape index (κ3) is 4.05. The first-order valence-electron chi connectivity index (χ1n) is 5.99. The highest BCUT2D eigenvalue weighted by molar-refractivity contribution is 9.10. The van der Waals surface area contributed by atoms with Gasteiger partial charge < -0.3 is 10.6 Å². The second-order valence-electron chi connectivity index (χ2n) is 4.18. The first kappa shape index (κ1) is 15.5. The van der Waals surface area contributed by atoms with Crippen molar-refractivity contribution in [2.24, 2.45) is 0 Å².